The number of alkyl halides is 3. The maximum atomic E-state index is 12.0. The van der Waals surface area contributed by atoms with Gasteiger partial charge in [0.05, 0.1) is 4.47 Å². The molecule has 0 aromatic heterocycles. The Kier molecular flexibility index (Phi) is 4.87. The van der Waals surface area contributed by atoms with E-state index in [0.29, 0.717) is 0 Å². The highest BCUT2D eigenvalue weighted by Gasteiger charge is 2.33. The molecule has 0 aliphatic rings. The second kappa shape index (κ2) is 5.88. The molecule has 9 heteroatoms. The fraction of sp³-hybridized carbons (Fsp3) is 0.364. The van der Waals surface area contributed by atoms with Gasteiger partial charge in [-0.3, -0.25) is 0 Å². The van der Waals surface area contributed by atoms with Crippen LogP contribution in [0.2, 0.25) is 0 Å². The minimum Gasteiger partial charge on any atom is -0.490 e. The number of benzene rings is 1. The quantitative estimate of drug-likeness (QED) is 0.845. The highest BCUT2D eigenvalue weighted by molar-refractivity contribution is 9.10. The van der Waals surface area contributed by atoms with Crippen LogP contribution in [0.4, 0.5) is 13.2 Å². The smallest absolute Gasteiger partial charge is 0.490 e. The van der Waals surface area contributed by atoms with Crippen LogP contribution in [-0.4, -0.2) is 34.8 Å². The Bertz CT molecular complexity index is 501. The van der Waals surface area contributed by atoms with E-state index in [-0.39, 0.29) is 10.2 Å². The molecule has 0 spiro atoms. The first-order valence-electron chi connectivity index (χ1n) is 5.15. The Hall–Kier alpha value is -1.48. The molecule has 0 amide bonds. The molecule has 20 heavy (non-hydrogen) atoms. The van der Waals surface area contributed by atoms with Crippen molar-refractivity contribution in [2.45, 2.75) is 18.9 Å². The van der Waals surface area contributed by atoms with E-state index in [4.69, 9.17) is 9.84 Å². The Balaban J connectivity index is 2.76. The predicted molar refractivity (Wildman–Crippen MR) is 64.6 cm³/mol. The molecular weight excluding hydrogens is 349 g/mol. The van der Waals surface area contributed by atoms with E-state index in [1.807, 2.05) is 0 Å². The second-order valence-electron chi connectivity index (χ2n) is 4.01. The van der Waals surface area contributed by atoms with Crippen LogP contribution >= 0.6 is 15.9 Å². The number of carboxylic acids is 1. The molecule has 1 aromatic rings. The molecular formula is C11H10BrF3O5. The Morgan fingerprint density at radius 3 is 2.45 bits per heavy atom. The standard InChI is InChI=1S/C11H10BrF3O5/c1-10(18,9(16)17)5-19-6-2-3-8(7(12)4-6)20-11(13,14)15/h2-4,18H,5H2,1H3,(H,16,17). The maximum absolute atomic E-state index is 12.0. The lowest BCUT2D eigenvalue weighted by molar-refractivity contribution is -0.274. The van der Waals surface area contributed by atoms with Crippen LogP contribution in [0.3, 0.4) is 0 Å². The van der Waals surface area contributed by atoms with E-state index < -0.39 is 30.3 Å². The molecule has 0 bridgehead atoms. The largest absolute Gasteiger partial charge is 0.573 e. The first-order valence-corrected chi connectivity index (χ1v) is 5.94. The molecule has 0 radical (unpaired) electrons. The molecule has 1 atom stereocenters. The number of hydrogen-bond donors (Lipinski definition) is 2. The van der Waals surface area contributed by atoms with Crippen molar-refractivity contribution in [1.29, 1.82) is 0 Å². The number of carboxylic acid groups (broad SMARTS) is 1. The van der Waals surface area contributed by atoms with Gasteiger partial charge in [0, 0.05) is 0 Å². The molecule has 1 rings (SSSR count). The lowest BCUT2D eigenvalue weighted by Gasteiger charge is -2.18. The van der Waals surface area contributed by atoms with Gasteiger partial charge in [-0.05, 0) is 41.1 Å². The highest BCUT2D eigenvalue weighted by atomic mass is 79.9. The number of carbonyl (C=O) groups is 1. The van der Waals surface area contributed by atoms with Gasteiger partial charge in [-0.15, -0.1) is 13.2 Å². The van der Waals surface area contributed by atoms with E-state index in [9.17, 15) is 23.1 Å². The highest BCUT2D eigenvalue weighted by Crippen LogP contribution is 2.33. The van der Waals surface area contributed by atoms with Gasteiger partial charge in [0.2, 0.25) is 0 Å². The molecule has 0 aliphatic carbocycles. The Morgan fingerprint density at radius 1 is 1.40 bits per heavy atom. The Labute approximate surface area is 120 Å². The first kappa shape index (κ1) is 16.6. The summed E-state index contributed by atoms with van der Waals surface area (Å²) in [6.45, 7) is 0.472. The number of rotatable bonds is 5. The van der Waals surface area contributed by atoms with Crippen molar-refractivity contribution in [2.24, 2.45) is 0 Å². The number of hydrogen-bond acceptors (Lipinski definition) is 4. The molecule has 0 saturated heterocycles. The molecule has 112 valence electrons. The minimum absolute atomic E-state index is 0.0257. The molecule has 1 unspecified atom stereocenters. The van der Waals surface area contributed by atoms with Crippen molar-refractivity contribution >= 4 is 21.9 Å². The van der Waals surface area contributed by atoms with Crippen LogP contribution in [0, 0.1) is 0 Å². The van der Waals surface area contributed by atoms with Crippen molar-refractivity contribution in [3.8, 4) is 11.5 Å². The average molecular weight is 359 g/mol. The summed E-state index contributed by atoms with van der Waals surface area (Å²) in [4.78, 5) is 10.6. The average Bonchev–Trinajstić information content (AvgIpc) is 2.28. The summed E-state index contributed by atoms with van der Waals surface area (Å²) < 4.78 is 44.8. The summed E-state index contributed by atoms with van der Waals surface area (Å²) in [5, 5.41) is 18.1. The number of aliphatic carboxylic acids is 1. The summed E-state index contributed by atoms with van der Waals surface area (Å²) in [5.41, 5.74) is -2.10. The molecule has 0 aliphatic heterocycles. The fourth-order valence-electron chi connectivity index (χ4n) is 1.06. The molecule has 0 saturated carbocycles. The van der Waals surface area contributed by atoms with E-state index in [0.717, 1.165) is 19.1 Å². The SMILES string of the molecule is CC(O)(COc1ccc(OC(F)(F)F)c(Br)c1)C(=O)O. The van der Waals surface area contributed by atoms with Gasteiger partial charge in [-0.2, -0.15) is 0 Å². The fourth-order valence-corrected chi connectivity index (χ4v) is 1.50. The van der Waals surface area contributed by atoms with Crippen LogP contribution in [-0.2, 0) is 4.79 Å². The molecule has 0 heterocycles. The van der Waals surface area contributed by atoms with Gasteiger partial charge in [0.1, 0.15) is 18.1 Å². The van der Waals surface area contributed by atoms with E-state index in [1.54, 1.807) is 0 Å². The van der Waals surface area contributed by atoms with Crippen LogP contribution in [0.1, 0.15) is 6.92 Å². The van der Waals surface area contributed by atoms with Crippen molar-refractivity contribution in [3.63, 3.8) is 0 Å². The molecule has 5 nitrogen and oxygen atoms in total. The number of ether oxygens (including phenoxy) is 2. The van der Waals surface area contributed by atoms with Crippen LogP contribution in [0.5, 0.6) is 11.5 Å². The van der Waals surface area contributed by atoms with Gasteiger partial charge < -0.3 is 19.7 Å². The summed E-state index contributed by atoms with van der Waals surface area (Å²) in [6, 6.07) is 3.32. The van der Waals surface area contributed by atoms with Gasteiger partial charge >= 0.3 is 12.3 Å². The molecule has 2 N–H and O–H groups in total. The summed E-state index contributed by atoms with van der Waals surface area (Å²) >= 11 is 2.87. The zero-order valence-corrected chi connectivity index (χ0v) is 11.7. The van der Waals surface area contributed by atoms with Crippen LogP contribution in [0.15, 0.2) is 22.7 Å². The Morgan fingerprint density at radius 2 is 2.00 bits per heavy atom. The third kappa shape index (κ3) is 4.89. The van der Waals surface area contributed by atoms with Gasteiger partial charge in [0.15, 0.2) is 5.60 Å². The summed E-state index contributed by atoms with van der Waals surface area (Å²) in [5.74, 6) is -1.86. The van der Waals surface area contributed by atoms with E-state index in [2.05, 4.69) is 20.7 Å². The second-order valence-corrected chi connectivity index (χ2v) is 4.86. The van der Waals surface area contributed by atoms with Gasteiger partial charge in [-0.25, -0.2) is 4.79 Å². The zero-order chi connectivity index (χ0) is 15.6. The molecule has 1 aromatic carbocycles. The lowest BCUT2D eigenvalue weighted by atomic mass is 10.1. The summed E-state index contributed by atoms with van der Waals surface area (Å²) in [6.07, 6.45) is -4.82. The van der Waals surface area contributed by atoms with E-state index in [1.165, 1.54) is 6.07 Å². The van der Waals surface area contributed by atoms with Crippen LogP contribution in [0.25, 0.3) is 0 Å². The lowest BCUT2D eigenvalue weighted by Crippen LogP contribution is -2.41. The normalized spacial score (nSPS) is 14.5. The topological polar surface area (TPSA) is 76.0 Å². The van der Waals surface area contributed by atoms with Crippen molar-refractivity contribution in [1.82, 2.24) is 0 Å². The predicted octanol–water partition coefficient (Wildman–Crippen LogP) is 2.56. The van der Waals surface area contributed by atoms with Crippen molar-refractivity contribution in [3.05, 3.63) is 22.7 Å². The number of aliphatic hydroxyl groups is 1. The van der Waals surface area contributed by atoms with Crippen LogP contribution < -0.4 is 9.47 Å². The first-order chi connectivity index (χ1) is 9.01. The maximum Gasteiger partial charge on any atom is 0.573 e. The van der Waals surface area contributed by atoms with Gasteiger partial charge in [0.25, 0.3) is 0 Å². The third-order valence-corrected chi connectivity index (χ3v) is 2.73. The van der Waals surface area contributed by atoms with Gasteiger partial charge in [-0.1, -0.05) is 0 Å². The third-order valence-electron chi connectivity index (χ3n) is 2.11. The zero-order valence-electron chi connectivity index (χ0n) is 10.1. The summed E-state index contributed by atoms with van der Waals surface area (Å²) in [7, 11) is 0. The van der Waals surface area contributed by atoms with Crippen molar-refractivity contribution in [2.75, 3.05) is 6.61 Å². The monoisotopic (exact) mass is 358 g/mol. The van der Waals surface area contributed by atoms with Crippen molar-refractivity contribution < 1.29 is 37.7 Å². The number of halogens is 4. The van der Waals surface area contributed by atoms with E-state index >= 15 is 0 Å². The molecule has 0 fully saturated rings. The minimum atomic E-state index is -4.82.